The molecule has 0 radical (unpaired) electrons. The van der Waals surface area contributed by atoms with Crippen LogP contribution < -0.4 is 0 Å². The molecule has 19 aromatic carbocycles. The second-order valence-electron chi connectivity index (χ2n) is 33.4. The predicted octanol–water partition coefficient (Wildman–Crippen LogP) is 31.5. The maximum Gasteiger partial charge on any atom is 0.164 e. The van der Waals surface area contributed by atoms with E-state index in [4.69, 9.17) is 29.9 Å². The van der Waals surface area contributed by atoms with Gasteiger partial charge in [-0.15, -0.1) is 22.7 Å². The number of aromatic nitrogens is 6. The van der Waals surface area contributed by atoms with Gasteiger partial charge in [-0.25, -0.2) is 29.9 Å². The van der Waals surface area contributed by atoms with Gasteiger partial charge in [-0.1, -0.05) is 425 Å². The SMILES string of the molecule is c1ccc(-c2ccc(-c3nc(-c4cccc(-c5ccccc5)c4)nc(-c4cccc(-c5ccc(C6(c7ccc8c(c7)sc7ccccc78)c7ccccc7-c7ccccc76)cc5)c4)n3)cc2)cc1.c1ccc(-c2cccc(-c3nc(-c4ccccc4)nc(-c4cccc(-c5ccc(C6(c7ccc8c(c7)sc7ccccc78)c7ccccc7-c7ccccc76)cc5)c4)n3)c2)cc1. The molecule has 23 aromatic rings. The smallest absolute Gasteiger partial charge is 0.164 e. The molecule has 0 atom stereocenters. The first-order chi connectivity index (χ1) is 64.4. The van der Waals surface area contributed by atoms with E-state index in [9.17, 15) is 0 Å². The first-order valence-corrected chi connectivity index (χ1v) is 45.7. The van der Waals surface area contributed by atoms with Gasteiger partial charge in [0.15, 0.2) is 34.9 Å². The van der Waals surface area contributed by atoms with Crippen LogP contribution in [0.25, 0.3) is 187 Å². The second kappa shape index (κ2) is 32.6. The maximum atomic E-state index is 5.20. The Balaban J connectivity index is 0.000000145. The zero-order chi connectivity index (χ0) is 86.1. The van der Waals surface area contributed by atoms with E-state index in [1.165, 1.54) is 113 Å². The van der Waals surface area contributed by atoms with E-state index in [1.807, 2.05) is 59.1 Å². The van der Waals surface area contributed by atoms with E-state index in [0.29, 0.717) is 34.9 Å². The summed E-state index contributed by atoms with van der Waals surface area (Å²) in [6, 6.07) is 170. The Kier molecular flexibility index (Phi) is 19.3. The number of benzene rings is 19. The van der Waals surface area contributed by atoms with Crippen LogP contribution in [0.1, 0.15) is 44.5 Å². The van der Waals surface area contributed by atoms with Crippen molar-refractivity contribution in [2.45, 2.75) is 10.8 Å². The molecule has 8 heteroatoms. The van der Waals surface area contributed by atoms with Crippen LogP contribution in [-0.4, -0.2) is 29.9 Å². The van der Waals surface area contributed by atoms with Crippen molar-refractivity contribution in [3.05, 3.63) is 518 Å². The van der Waals surface area contributed by atoms with Gasteiger partial charge in [0.2, 0.25) is 0 Å². The first-order valence-electron chi connectivity index (χ1n) is 44.1. The van der Waals surface area contributed by atoms with E-state index in [-0.39, 0.29) is 0 Å². The quantitative estimate of drug-likeness (QED) is 0.102. The molecule has 4 heterocycles. The highest BCUT2D eigenvalue weighted by Crippen LogP contribution is 2.59. The van der Waals surface area contributed by atoms with Gasteiger partial charge in [0.1, 0.15) is 0 Å². The molecule has 0 spiro atoms. The minimum Gasteiger partial charge on any atom is -0.208 e. The fourth-order valence-electron chi connectivity index (χ4n) is 20.0. The molecule has 4 aromatic heterocycles. The van der Waals surface area contributed by atoms with Gasteiger partial charge in [0.25, 0.3) is 0 Å². The van der Waals surface area contributed by atoms with Gasteiger partial charge in [-0.2, -0.15) is 0 Å². The molecule has 0 N–H and O–H groups in total. The van der Waals surface area contributed by atoms with Crippen molar-refractivity contribution in [1.29, 1.82) is 0 Å². The van der Waals surface area contributed by atoms with Gasteiger partial charge < -0.3 is 0 Å². The maximum absolute atomic E-state index is 5.20. The predicted molar refractivity (Wildman–Crippen MR) is 540 cm³/mol. The van der Waals surface area contributed by atoms with Crippen LogP contribution in [0.15, 0.2) is 473 Å². The number of nitrogens with zero attached hydrogens (tertiary/aromatic N) is 6. The topological polar surface area (TPSA) is 77.3 Å². The lowest BCUT2D eigenvalue weighted by atomic mass is 9.67. The Morgan fingerprint density at radius 1 is 0.138 bits per heavy atom. The molecule has 6 nitrogen and oxygen atoms in total. The van der Waals surface area contributed by atoms with Crippen molar-refractivity contribution in [2.75, 3.05) is 0 Å². The van der Waals surface area contributed by atoms with Crippen LogP contribution >= 0.6 is 22.7 Å². The summed E-state index contributed by atoms with van der Waals surface area (Å²) >= 11 is 3.75. The summed E-state index contributed by atoms with van der Waals surface area (Å²) in [5.41, 5.74) is 31.2. The average molecular weight is 1690 g/mol. The van der Waals surface area contributed by atoms with E-state index in [1.54, 1.807) is 0 Å². The summed E-state index contributed by atoms with van der Waals surface area (Å²) in [7, 11) is 0. The zero-order valence-corrected chi connectivity index (χ0v) is 72.2. The van der Waals surface area contributed by atoms with Crippen LogP contribution in [0.5, 0.6) is 0 Å². The molecule has 0 saturated carbocycles. The Hall–Kier alpha value is -16.4. The van der Waals surface area contributed by atoms with Crippen molar-refractivity contribution in [2.24, 2.45) is 0 Å². The highest BCUT2D eigenvalue weighted by Gasteiger charge is 2.48. The molecule has 0 aliphatic heterocycles. The fraction of sp³-hybridized carbons (Fsp3) is 0.0164. The number of thiophene rings is 2. The minimum atomic E-state index is -0.507. The third-order valence-corrected chi connectivity index (χ3v) is 28.3. The lowest BCUT2D eigenvalue weighted by Gasteiger charge is -2.34. The number of hydrogen-bond acceptors (Lipinski definition) is 8. The van der Waals surface area contributed by atoms with Gasteiger partial charge in [0, 0.05) is 73.7 Å². The lowest BCUT2D eigenvalue weighted by molar-refractivity contribution is 0.770. The van der Waals surface area contributed by atoms with Crippen LogP contribution in [-0.2, 0) is 10.8 Å². The van der Waals surface area contributed by atoms with E-state index in [0.717, 1.165) is 83.5 Å². The fourth-order valence-corrected chi connectivity index (χ4v) is 22.3. The van der Waals surface area contributed by atoms with Crippen molar-refractivity contribution in [1.82, 2.24) is 29.9 Å². The largest absolute Gasteiger partial charge is 0.208 e. The van der Waals surface area contributed by atoms with Crippen molar-refractivity contribution < 1.29 is 0 Å². The van der Waals surface area contributed by atoms with Gasteiger partial charge in [-0.05, 0) is 171 Å². The Bertz CT molecular complexity index is 8180. The van der Waals surface area contributed by atoms with Gasteiger partial charge >= 0.3 is 0 Å². The average Bonchev–Trinajstić information content (AvgIpc) is 1.54. The summed E-state index contributed by atoms with van der Waals surface area (Å²) in [6.07, 6.45) is 0. The Labute approximate surface area is 762 Å². The van der Waals surface area contributed by atoms with E-state index < -0.39 is 10.8 Å². The highest BCUT2D eigenvalue weighted by molar-refractivity contribution is 7.26. The molecule has 2 aliphatic carbocycles. The molecule has 0 amide bonds. The summed E-state index contributed by atoms with van der Waals surface area (Å²) in [4.78, 5) is 30.8. The molecule has 0 fully saturated rings. The number of hydrogen-bond donors (Lipinski definition) is 0. The monoisotopic (exact) mass is 1690 g/mol. The normalized spacial score (nSPS) is 12.6. The third-order valence-electron chi connectivity index (χ3n) is 26.1. The molecular formula is C122H78N6S2. The first kappa shape index (κ1) is 77.2. The zero-order valence-electron chi connectivity index (χ0n) is 70.5. The second-order valence-corrected chi connectivity index (χ2v) is 35.6. The Morgan fingerprint density at radius 2 is 0.354 bits per heavy atom. The highest BCUT2D eigenvalue weighted by atomic mass is 32.1. The van der Waals surface area contributed by atoms with Crippen LogP contribution in [0.2, 0.25) is 0 Å². The molecule has 608 valence electrons. The van der Waals surface area contributed by atoms with Gasteiger partial charge in [-0.3, -0.25) is 0 Å². The standard InChI is InChI=1S/C64H41N3S.C58H37N3S/c1-3-15-42(16-4-1)44-29-31-46(32-30-44)61-65-62(49-21-13-19-47(39-49)43-17-5-2-6-18-43)67-63(66-61)50-22-14-20-48(40-50)45-33-35-51(36-34-45)64(57-26-10-7-23-53(57)54-24-8-11-27-58(54)64)52-37-38-56-55-25-9-12-28-59(55)68-60(56)41-52;1-3-15-38(16-4-1)41-19-13-21-43(35-41)56-59-55(40-17-5-2-6-18-40)60-57(61-56)44-22-14-20-42(36-44)39-29-31-45(32-30-39)58(51-26-10-7-23-47(51)48-24-8-11-27-52(48)58)46-33-34-50-49-25-9-12-28-53(49)62-54(50)37-46/h1-41H;1-37H. The molecule has 130 heavy (non-hydrogen) atoms. The summed E-state index contributed by atoms with van der Waals surface area (Å²) in [5.74, 6) is 3.78. The van der Waals surface area contributed by atoms with Crippen molar-refractivity contribution in [3.63, 3.8) is 0 Å². The summed E-state index contributed by atoms with van der Waals surface area (Å²) < 4.78 is 5.23. The number of fused-ring (bicyclic) bond motifs is 12. The van der Waals surface area contributed by atoms with Crippen LogP contribution in [0.4, 0.5) is 0 Å². The van der Waals surface area contributed by atoms with Crippen LogP contribution in [0.3, 0.4) is 0 Å². The van der Waals surface area contributed by atoms with Crippen molar-refractivity contribution in [3.8, 4) is 146 Å². The molecule has 0 bridgehead atoms. The van der Waals surface area contributed by atoms with Gasteiger partial charge in [0.05, 0.1) is 10.8 Å². The molecule has 2 aliphatic rings. The van der Waals surface area contributed by atoms with Crippen molar-refractivity contribution >= 4 is 63.0 Å². The lowest BCUT2D eigenvalue weighted by Crippen LogP contribution is -2.28. The van der Waals surface area contributed by atoms with E-state index >= 15 is 0 Å². The summed E-state index contributed by atoms with van der Waals surface area (Å²) in [6.45, 7) is 0. The molecule has 25 rings (SSSR count). The van der Waals surface area contributed by atoms with Crippen LogP contribution in [0, 0.1) is 0 Å². The summed E-state index contributed by atoms with van der Waals surface area (Å²) in [5, 5.41) is 5.24. The molecule has 0 unspecified atom stereocenters. The molecule has 0 saturated heterocycles. The molecular weight excluding hydrogens is 1610 g/mol. The Morgan fingerprint density at radius 3 is 0.692 bits per heavy atom. The number of rotatable bonds is 15. The minimum absolute atomic E-state index is 0.495. The van der Waals surface area contributed by atoms with E-state index in [2.05, 4.69) is 437 Å². The third kappa shape index (κ3) is 13.5.